The quantitative estimate of drug-likeness (QED) is 0.409. The lowest BCUT2D eigenvalue weighted by Crippen LogP contribution is -2.30. The predicted molar refractivity (Wildman–Crippen MR) is 125 cm³/mol. The number of hydrogen-bond acceptors (Lipinski definition) is 3. The van der Waals surface area contributed by atoms with E-state index in [0.717, 1.165) is 54.7 Å². The molecule has 1 unspecified atom stereocenters. The number of carbonyl (C=O) groups is 1. The predicted octanol–water partition coefficient (Wildman–Crippen LogP) is 5.30. The van der Waals surface area contributed by atoms with Crippen molar-refractivity contribution in [2.45, 2.75) is 31.8 Å². The minimum absolute atomic E-state index is 0.0281. The molecule has 0 saturated carbocycles. The Kier molecular flexibility index (Phi) is 5.98. The smallest absolute Gasteiger partial charge is 0.255 e. The second kappa shape index (κ2) is 9.36. The van der Waals surface area contributed by atoms with E-state index < -0.39 is 0 Å². The fourth-order valence-corrected chi connectivity index (χ4v) is 4.56. The fourth-order valence-electron chi connectivity index (χ4n) is 4.56. The van der Waals surface area contributed by atoms with Crippen LogP contribution in [0.5, 0.6) is 0 Å². The van der Waals surface area contributed by atoms with E-state index in [1.807, 2.05) is 41.7 Å². The summed E-state index contributed by atoms with van der Waals surface area (Å²) in [6.07, 6.45) is 9.74. The summed E-state index contributed by atoms with van der Waals surface area (Å²) in [6, 6.07) is 18.7. The van der Waals surface area contributed by atoms with Crippen LogP contribution in [0, 0.1) is 5.82 Å². The summed E-state index contributed by atoms with van der Waals surface area (Å²) in [7, 11) is 0. The molecule has 1 amide bonds. The molecule has 33 heavy (non-hydrogen) atoms. The minimum Gasteiger partial charge on any atom is -0.332 e. The maximum atomic E-state index is 13.2. The van der Waals surface area contributed by atoms with Crippen LogP contribution in [0.3, 0.4) is 0 Å². The van der Waals surface area contributed by atoms with Gasteiger partial charge in [-0.05, 0) is 60.7 Å². The van der Waals surface area contributed by atoms with Crippen LogP contribution in [-0.4, -0.2) is 31.9 Å². The molecule has 5 nitrogen and oxygen atoms in total. The zero-order valence-corrected chi connectivity index (χ0v) is 18.3. The number of rotatable bonds is 6. The van der Waals surface area contributed by atoms with Gasteiger partial charge < -0.3 is 9.47 Å². The number of amides is 1. The van der Waals surface area contributed by atoms with Gasteiger partial charge in [0.25, 0.3) is 5.91 Å². The highest BCUT2D eigenvalue weighted by Crippen LogP contribution is 2.35. The van der Waals surface area contributed by atoms with Gasteiger partial charge >= 0.3 is 0 Å². The van der Waals surface area contributed by atoms with Gasteiger partial charge in [-0.15, -0.1) is 0 Å². The zero-order chi connectivity index (χ0) is 22.6. The second-order valence-electron chi connectivity index (χ2n) is 8.37. The van der Waals surface area contributed by atoms with E-state index in [2.05, 4.69) is 32.7 Å². The van der Waals surface area contributed by atoms with E-state index in [-0.39, 0.29) is 17.8 Å². The number of halogens is 1. The van der Waals surface area contributed by atoms with Gasteiger partial charge in [0.1, 0.15) is 5.82 Å². The summed E-state index contributed by atoms with van der Waals surface area (Å²) < 4.78 is 15.3. The van der Waals surface area contributed by atoms with Crippen LogP contribution < -0.4 is 0 Å². The van der Waals surface area contributed by atoms with Gasteiger partial charge in [0.05, 0.1) is 29.8 Å². The number of carbonyl (C=O) groups excluding carboxylic acids is 1. The molecule has 1 aliphatic rings. The summed E-state index contributed by atoms with van der Waals surface area (Å²) in [4.78, 5) is 23.5. The van der Waals surface area contributed by atoms with E-state index >= 15 is 0 Å². The van der Waals surface area contributed by atoms with Crippen molar-refractivity contribution in [2.24, 2.45) is 0 Å². The monoisotopic (exact) mass is 440 g/mol. The van der Waals surface area contributed by atoms with E-state index in [1.54, 1.807) is 18.5 Å². The van der Waals surface area contributed by atoms with Crippen molar-refractivity contribution in [3.63, 3.8) is 0 Å². The zero-order valence-electron chi connectivity index (χ0n) is 18.3. The molecule has 1 atom stereocenters. The third-order valence-electron chi connectivity index (χ3n) is 6.26. The van der Waals surface area contributed by atoms with Gasteiger partial charge in [-0.2, -0.15) is 0 Å². The molecule has 1 fully saturated rings. The largest absolute Gasteiger partial charge is 0.332 e. The van der Waals surface area contributed by atoms with Crippen LogP contribution in [0.25, 0.3) is 11.3 Å². The molecule has 0 spiro atoms. The first-order valence-corrected chi connectivity index (χ1v) is 11.2. The molecule has 166 valence electrons. The van der Waals surface area contributed by atoms with E-state index in [4.69, 9.17) is 0 Å². The molecule has 0 aliphatic carbocycles. The average Bonchev–Trinajstić information content (AvgIpc) is 3.54. The lowest BCUT2D eigenvalue weighted by Gasteiger charge is -2.25. The number of aromatic nitrogens is 3. The van der Waals surface area contributed by atoms with Crippen molar-refractivity contribution in [3.8, 4) is 11.3 Å². The number of nitrogens with zero attached hydrogens (tertiary/aromatic N) is 4. The van der Waals surface area contributed by atoms with Crippen molar-refractivity contribution in [1.29, 1.82) is 0 Å². The first kappa shape index (κ1) is 21.1. The number of aryl methyl sites for hydroxylation is 2. The van der Waals surface area contributed by atoms with Crippen LogP contribution >= 0.6 is 0 Å². The molecular weight excluding hydrogens is 415 g/mol. The second-order valence-corrected chi connectivity index (χ2v) is 8.37. The highest BCUT2D eigenvalue weighted by atomic mass is 19.1. The Labute approximate surface area is 192 Å². The topological polar surface area (TPSA) is 51.0 Å². The van der Waals surface area contributed by atoms with Crippen LogP contribution in [0.1, 0.15) is 40.4 Å². The van der Waals surface area contributed by atoms with Gasteiger partial charge in [0, 0.05) is 31.0 Å². The van der Waals surface area contributed by atoms with Crippen LogP contribution in [0.2, 0.25) is 0 Å². The molecule has 6 heteroatoms. The fraction of sp³-hybridized carbons (Fsp3) is 0.222. The summed E-state index contributed by atoms with van der Waals surface area (Å²) in [5.74, 6) is -0.192. The molecule has 4 aromatic rings. The summed E-state index contributed by atoms with van der Waals surface area (Å²) in [5, 5.41) is 0. The summed E-state index contributed by atoms with van der Waals surface area (Å²) in [5.41, 5.74) is 4.94. The lowest BCUT2D eigenvalue weighted by atomic mass is 10.00. The molecule has 2 aromatic carbocycles. The molecule has 0 bridgehead atoms. The molecule has 2 aromatic heterocycles. The van der Waals surface area contributed by atoms with Crippen molar-refractivity contribution in [3.05, 3.63) is 108 Å². The van der Waals surface area contributed by atoms with E-state index in [0.29, 0.717) is 5.56 Å². The minimum atomic E-state index is -0.221. The lowest BCUT2D eigenvalue weighted by molar-refractivity contribution is 0.0735. The maximum Gasteiger partial charge on any atom is 0.255 e. The Morgan fingerprint density at radius 3 is 2.73 bits per heavy atom. The van der Waals surface area contributed by atoms with Crippen molar-refractivity contribution in [1.82, 2.24) is 19.4 Å². The Hall–Kier alpha value is -3.80. The van der Waals surface area contributed by atoms with E-state index in [9.17, 15) is 9.18 Å². The summed E-state index contributed by atoms with van der Waals surface area (Å²) >= 11 is 0. The Morgan fingerprint density at radius 2 is 1.91 bits per heavy atom. The molecular formula is C27H25FN4O. The van der Waals surface area contributed by atoms with Crippen molar-refractivity contribution < 1.29 is 9.18 Å². The molecule has 0 N–H and O–H groups in total. The standard InChI is InChI=1S/C27H25FN4O/c28-24-10-8-20(9-11-24)12-15-31-19-30-18-26(31)22-5-1-4-21(16-22)25-7-3-14-32(25)27(33)23-6-2-13-29-17-23/h1-2,4-6,8-11,13,16-19,25H,3,7,12,14-15H2. The van der Waals surface area contributed by atoms with Gasteiger partial charge in [0.15, 0.2) is 0 Å². The third-order valence-corrected chi connectivity index (χ3v) is 6.26. The Morgan fingerprint density at radius 1 is 1.03 bits per heavy atom. The molecule has 5 rings (SSSR count). The van der Waals surface area contributed by atoms with Gasteiger partial charge in [-0.3, -0.25) is 9.78 Å². The number of imidazole rings is 1. The normalized spacial score (nSPS) is 15.7. The molecule has 1 aliphatic heterocycles. The van der Waals surface area contributed by atoms with Gasteiger partial charge in [0.2, 0.25) is 0 Å². The number of hydrogen-bond donors (Lipinski definition) is 0. The molecule has 0 radical (unpaired) electrons. The number of benzene rings is 2. The van der Waals surface area contributed by atoms with Crippen LogP contribution in [0.15, 0.2) is 85.6 Å². The van der Waals surface area contributed by atoms with Crippen molar-refractivity contribution >= 4 is 5.91 Å². The maximum absolute atomic E-state index is 13.2. The van der Waals surface area contributed by atoms with Crippen LogP contribution in [-0.2, 0) is 13.0 Å². The summed E-state index contributed by atoms with van der Waals surface area (Å²) in [6.45, 7) is 1.50. The molecule has 1 saturated heterocycles. The highest BCUT2D eigenvalue weighted by Gasteiger charge is 2.30. The SMILES string of the molecule is O=C(c1cccnc1)N1CCCC1c1cccc(-c2cncn2CCc2ccc(F)cc2)c1. The van der Waals surface area contributed by atoms with Gasteiger partial charge in [-0.25, -0.2) is 9.37 Å². The Balaban J connectivity index is 1.36. The average molecular weight is 441 g/mol. The van der Waals surface area contributed by atoms with E-state index in [1.165, 1.54) is 12.1 Å². The number of pyridine rings is 1. The van der Waals surface area contributed by atoms with Crippen LogP contribution in [0.4, 0.5) is 4.39 Å². The Bertz CT molecular complexity index is 1240. The first-order chi connectivity index (χ1) is 16.2. The first-order valence-electron chi connectivity index (χ1n) is 11.2. The van der Waals surface area contributed by atoms with Gasteiger partial charge in [-0.1, -0.05) is 30.3 Å². The molecule has 3 heterocycles. The third kappa shape index (κ3) is 4.55. The number of likely N-dealkylation sites (tertiary alicyclic amines) is 1. The van der Waals surface area contributed by atoms with Crippen molar-refractivity contribution in [2.75, 3.05) is 6.54 Å². The highest BCUT2D eigenvalue weighted by molar-refractivity contribution is 5.94.